The number of hydrogen-bond acceptors (Lipinski definition) is 24. The smallest absolute Gasteiger partial charge is 0.229 e. The van der Waals surface area contributed by atoms with Crippen molar-refractivity contribution >= 4 is 140 Å². The number of likely N-dealkylation sites (N-methyl/N-ethyl adjacent to an activating group) is 2. The van der Waals surface area contributed by atoms with Crippen LogP contribution in [0.5, 0.6) is 0 Å². The lowest BCUT2D eigenvalue weighted by Gasteiger charge is -2.43. The lowest BCUT2D eigenvalue weighted by atomic mass is 9.99. The van der Waals surface area contributed by atoms with Gasteiger partial charge in [-0.25, -0.2) is 26.8 Å². The highest BCUT2D eigenvalue weighted by atomic mass is 35.5. The van der Waals surface area contributed by atoms with Crippen molar-refractivity contribution in [1.82, 2.24) is 59.5 Å². The van der Waals surface area contributed by atoms with Crippen LogP contribution in [0, 0.1) is 0 Å². The van der Waals surface area contributed by atoms with Crippen LogP contribution >= 0.6 is 34.8 Å². The van der Waals surface area contributed by atoms with Gasteiger partial charge in [-0.2, -0.15) is 9.97 Å². The second kappa shape index (κ2) is 32.2. The van der Waals surface area contributed by atoms with Crippen LogP contribution in [0.4, 0.5) is 63.1 Å². The summed E-state index contributed by atoms with van der Waals surface area (Å²) in [5.41, 5.74) is 19.7. The minimum atomic E-state index is -3.38. The summed E-state index contributed by atoms with van der Waals surface area (Å²) in [6, 6.07) is 17.4. The maximum Gasteiger partial charge on any atom is 0.229 e. The second-order valence-corrected chi connectivity index (χ2v) is 31.4. The van der Waals surface area contributed by atoms with Gasteiger partial charge in [0.2, 0.25) is 11.2 Å². The van der Waals surface area contributed by atoms with Gasteiger partial charge in [-0.05, 0) is 124 Å². The fourth-order valence-electron chi connectivity index (χ4n) is 13.2. The lowest BCUT2D eigenvalue weighted by molar-refractivity contribution is 0.0982. The number of sulfone groups is 2. The van der Waals surface area contributed by atoms with Crippen LogP contribution in [0.2, 0.25) is 15.3 Å². The number of halogens is 3. The fourth-order valence-corrected chi connectivity index (χ4v) is 15.2. The van der Waals surface area contributed by atoms with E-state index in [4.69, 9.17) is 45.5 Å². The molecule has 97 heavy (non-hydrogen) atoms. The molecule has 0 amide bonds. The van der Waals surface area contributed by atoms with Gasteiger partial charge >= 0.3 is 0 Å². The molecule has 4 aliphatic heterocycles. The molecule has 4 aromatic heterocycles. The molecule has 0 aliphatic carbocycles. The molecule has 0 spiro atoms. The average Bonchev–Trinajstić information content (AvgIpc) is 0.821. The number of hydrogen-bond donors (Lipinski definition) is 4. The third-order valence-electron chi connectivity index (χ3n) is 18.4. The highest BCUT2D eigenvalue weighted by Gasteiger charge is 2.31. The first-order valence-electron chi connectivity index (χ1n) is 32.9. The summed E-state index contributed by atoms with van der Waals surface area (Å²) in [6.45, 7) is 18.3. The average molecular weight is 1420 g/mol. The second-order valence-electron chi connectivity index (χ2n) is 25.9. The monoisotopic (exact) mass is 1420 g/mol. The Labute approximate surface area is 586 Å². The third kappa shape index (κ3) is 18.7. The van der Waals surface area contributed by atoms with Gasteiger partial charge in [-0.1, -0.05) is 37.0 Å². The van der Waals surface area contributed by atoms with Crippen LogP contribution in [0.3, 0.4) is 0 Å². The first-order chi connectivity index (χ1) is 46.3. The number of nitrogens with two attached hydrogens (primary N) is 1. The summed E-state index contributed by atoms with van der Waals surface area (Å²) in [4.78, 5) is 53.8. The lowest BCUT2D eigenvalue weighted by Crippen LogP contribution is -2.52. The van der Waals surface area contributed by atoms with Crippen molar-refractivity contribution in [2.75, 3.05) is 175 Å². The summed E-state index contributed by atoms with van der Waals surface area (Å²) in [7, 11) is 5.98. The minimum absolute atomic E-state index is 0.0205. The number of nitrogen functional groups attached to an aromatic ring is 1. The van der Waals surface area contributed by atoms with E-state index in [9.17, 15) is 16.8 Å². The molecule has 0 bridgehead atoms. The maximum atomic E-state index is 12.4. The molecular weight excluding hydrogens is 1330 g/mol. The van der Waals surface area contributed by atoms with E-state index in [0.29, 0.717) is 67.4 Å². The zero-order valence-electron chi connectivity index (χ0n) is 57.2. The Hall–Kier alpha value is -7.27. The van der Waals surface area contributed by atoms with E-state index in [1.807, 2.05) is 14.1 Å². The van der Waals surface area contributed by atoms with Crippen LogP contribution in [0.15, 0.2) is 85.7 Å². The van der Waals surface area contributed by atoms with Crippen molar-refractivity contribution in [3.8, 4) is 0 Å². The van der Waals surface area contributed by atoms with Gasteiger partial charge < -0.3 is 51.1 Å². The number of aromatic nitrogens is 8. The summed E-state index contributed by atoms with van der Waals surface area (Å²) >= 11 is 18.4. The van der Waals surface area contributed by atoms with Crippen LogP contribution in [-0.4, -0.2) is 222 Å². The highest BCUT2D eigenvalue weighted by Crippen LogP contribution is 2.40. The predicted molar refractivity (Wildman–Crippen MR) is 398 cm³/mol. The molecule has 8 heterocycles. The maximum absolute atomic E-state index is 12.4. The minimum Gasteiger partial charge on any atom is -0.397 e. The molecule has 24 nitrogen and oxygen atoms in total. The number of fused-ring (bicyclic) bond motifs is 2. The standard InChI is InChI=1S/C34H45ClN10O2S.C20H35N5.C14H11Cl2N5O2S/c1-6-23-19-29(31(42(2)3)20-30(23)45-13-9-24(10-14-45)44-17-15-43(4)16-18-44)40-34-38-21-26(35)33(41-34)39-27-7-8-28-32(37-12-11-36-28)25(27)22-48(5,46)47;1-5-16-14-18(21)20(22(2)3)15-19(16)25-8-6-17(7-9-25)24-12-10-23(4)11-13-24;1-24(22,23)7-8-10(2-3-11-12(8)18-5-4-17-11)20-13-9(15)6-19-14(16)21-13/h7-8,11-12,19-21,24H,6,9-10,13-18,22H2,1-5H3,(H2,38,39,40,41);14-15,17H,5-13,21H2,1-4H3;2-6H,7H2,1H3,(H,19,20,21). The summed E-state index contributed by atoms with van der Waals surface area (Å²) in [6.07, 6.45) is 18.2. The summed E-state index contributed by atoms with van der Waals surface area (Å²) < 4.78 is 48.4. The van der Waals surface area contributed by atoms with E-state index in [0.717, 1.165) is 100 Å². The molecule has 12 rings (SSSR count). The molecule has 29 heteroatoms. The van der Waals surface area contributed by atoms with Crippen LogP contribution in [0.25, 0.3) is 22.1 Å². The molecule has 4 aliphatic rings. The topological polar surface area (TPSA) is 259 Å². The Bertz CT molecular complexity index is 4280. The van der Waals surface area contributed by atoms with Gasteiger partial charge in [0.1, 0.15) is 10.0 Å². The molecule has 4 aromatic carbocycles. The van der Waals surface area contributed by atoms with E-state index >= 15 is 0 Å². The Morgan fingerprint density at radius 1 is 0.515 bits per heavy atom. The summed E-state index contributed by atoms with van der Waals surface area (Å²) in [5, 5.41) is 10.2. The predicted octanol–water partition coefficient (Wildman–Crippen LogP) is 10.1. The molecule has 4 fully saturated rings. The third-order valence-corrected chi connectivity index (χ3v) is 20.7. The molecule has 5 N–H and O–H groups in total. The van der Waals surface area contributed by atoms with Gasteiger partial charge in [0, 0.05) is 190 Å². The molecule has 520 valence electrons. The van der Waals surface area contributed by atoms with Gasteiger partial charge in [0.05, 0.1) is 68.7 Å². The Morgan fingerprint density at radius 3 is 1.38 bits per heavy atom. The number of benzene rings is 4. The van der Waals surface area contributed by atoms with Crippen molar-refractivity contribution in [1.29, 1.82) is 0 Å². The Morgan fingerprint density at radius 2 is 0.938 bits per heavy atom. The summed E-state index contributed by atoms with van der Waals surface area (Å²) in [5.74, 6) is 0.550. The van der Waals surface area contributed by atoms with E-state index < -0.39 is 19.7 Å². The number of anilines is 11. The largest absolute Gasteiger partial charge is 0.397 e. The van der Waals surface area contributed by atoms with E-state index in [2.05, 4.69) is 156 Å². The number of rotatable bonds is 18. The van der Waals surface area contributed by atoms with Gasteiger partial charge in [-0.3, -0.25) is 29.7 Å². The van der Waals surface area contributed by atoms with Crippen LogP contribution in [0.1, 0.15) is 61.8 Å². The Kier molecular flexibility index (Phi) is 24.0. The SMILES string of the molecule is CCc1cc(N)c(N(C)C)cc1N1CCC(N2CCN(C)CC2)CC1.CCc1cc(Nc2ncc(Cl)c(Nc3ccc4nccnc4c3CS(C)(=O)=O)n2)c(N(C)C)cc1N1CCC(N2CCN(C)CC2)CC1.CS(=O)(=O)Cc1c(Nc2nc(Cl)ncc2Cl)ccc2nccnc12. The fraction of sp³-hybridized carbons (Fsp3) is 0.471. The van der Waals surface area contributed by atoms with Crippen molar-refractivity contribution in [2.24, 2.45) is 0 Å². The van der Waals surface area contributed by atoms with Gasteiger partial charge in [0.25, 0.3) is 0 Å². The number of nitrogens with zero attached hydrogens (tertiary/aromatic N) is 16. The number of aryl methyl sites for hydroxylation is 2. The van der Waals surface area contributed by atoms with Gasteiger partial charge in [0.15, 0.2) is 31.3 Å². The normalized spacial score (nSPS) is 16.5. The first-order valence-corrected chi connectivity index (χ1v) is 38.2. The molecule has 0 atom stereocenters. The zero-order chi connectivity index (χ0) is 69.3. The number of piperazine rings is 2. The number of nitrogens with one attached hydrogen (secondary N) is 3. The van der Waals surface area contributed by atoms with Crippen LogP contribution in [-0.2, 0) is 44.0 Å². The van der Waals surface area contributed by atoms with Crippen molar-refractivity contribution in [2.45, 2.75) is 76.0 Å². The Balaban J connectivity index is 0.000000175. The van der Waals surface area contributed by atoms with E-state index in [1.165, 1.54) is 99.2 Å². The quantitative estimate of drug-likeness (QED) is 0.0460. The van der Waals surface area contributed by atoms with E-state index in [1.54, 1.807) is 42.9 Å². The van der Waals surface area contributed by atoms with Gasteiger partial charge in [-0.15, -0.1) is 0 Å². The molecule has 0 unspecified atom stereocenters. The number of piperidine rings is 2. The van der Waals surface area contributed by atoms with Crippen molar-refractivity contribution < 1.29 is 16.8 Å². The zero-order valence-corrected chi connectivity index (χ0v) is 61.1. The highest BCUT2D eigenvalue weighted by molar-refractivity contribution is 7.90. The van der Waals surface area contributed by atoms with Crippen molar-refractivity contribution in [3.63, 3.8) is 0 Å². The molecule has 0 saturated carbocycles. The van der Waals surface area contributed by atoms with Crippen LogP contribution < -0.4 is 41.3 Å². The molecule has 4 saturated heterocycles. The first kappa shape index (κ1) is 72.5. The van der Waals surface area contributed by atoms with E-state index in [-0.39, 0.29) is 27.6 Å². The molecule has 0 radical (unpaired) electrons. The van der Waals surface area contributed by atoms with Crippen molar-refractivity contribution in [3.05, 3.63) is 123 Å². The molecule has 8 aromatic rings. The molecular formula is C68H91Cl3N20O4S2.